The van der Waals surface area contributed by atoms with Crippen LogP contribution in [0.15, 0.2) is 73.1 Å². The van der Waals surface area contributed by atoms with E-state index in [0.717, 1.165) is 21.8 Å². The van der Waals surface area contributed by atoms with Gasteiger partial charge in [0.05, 0.1) is 24.2 Å². The number of para-hydroxylation sites is 2. The maximum Gasteiger partial charge on any atom is 0.410 e. The van der Waals surface area contributed by atoms with Crippen molar-refractivity contribution in [1.82, 2.24) is 34.5 Å². The largest absolute Gasteiger partial charge is 0.444 e. The van der Waals surface area contributed by atoms with Crippen molar-refractivity contribution >= 4 is 63.3 Å². The summed E-state index contributed by atoms with van der Waals surface area (Å²) < 4.78 is 20.3. The summed E-state index contributed by atoms with van der Waals surface area (Å²) in [5, 5.41) is 7.55. The van der Waals surface area contributed by atoms with Crippen LogP contribution < -0.4 is 10.6 Å². The van der Waals surface area contributed by atoms with Gasteiger partial charge in [-0.1, -0.05) is 50.2 Å². The Morgan fingerprint density at radius 2 is 1.14 bits per heavy atom. The lowest BCUT2D eigenvalue weighted by Gasteiger charge is -2.31. The summed E-state index contributed by atoms with van der Waals surface area (Å²) in [5.74, 6) is -1.71. The van der Waals surface area contributed by atoms with Crippen LogP contribution in [0.4, 0.5) is 4.79 Å². The zero-order chi connectivity index (χ0) is 46.7. The van der Waals surface area contributed by atoms with E-state index >= 15 is 0 Å². The molecule has 0 spiro atoms. The molecule has 0 radical (unpaired) electrons. The van der Waals surface area contributed by atoms with Gasteiger partial charge in [0, 0.05) is 49.0 Å². The number of likely N-dealkylation sites (N-methyl/N-ethyl adjacent to an activating group) is 1. The van der Waals surface area contributed by atoms with E-state index in [1.54, 1.807) is 54.1 Å². The summed E-state index contributed by atoms with van der Waals surface area (Å²) in [6, 6.07) is 15.3. The highest BCUT2D eigenvalue weighted by Crippen LogP contribution is 2.33. The molecule has 17 heteroatoms. The Balaban J connectivity index is 0.000000198. The van der Waals surface area contributed by atoms with Gasteiger partial charge in [0.1, 0.15) is 48.3 Å². The molecule has 2 aromatic heterocycles. The molecule has 4 saturated heterocycles. The number of amides is 5. The molecule has 2 aromatic carbocycles. The Hall–Kier alpha value is -6.07. The third-order valence-electron chi connectivity index (χ3n) is 12.8. The van der Waals surface area contributed by atoms with Gasteiger partial charge in [-0.3, -0.25) is 42.8 Å². The fourth-order valence-corrected chi connectivity index (χ4v) is 8.81. The predicted octanol–water partition coefficient (Wildman–Crippen LogP) is 5.31. The fourth-order valence-electron chi connectivity index (χ4n) is 8.81. The average molecular weight is 896 g/mol. The van der Waals surface area contributed by atoms with Crippen LogP contribution in [0.5, 0.6) is 0 Å². The summed E-state index contributed by atoms with van der Waals surface area (Å²) in [6.45, 7) is 11.2. The zero-order valence-electron chi connectivity index (χ0n) is 38.2. The molecule has 4 aliphatic rings. The number of hydrogen-bond donors (Lipinski definition) is 2. The molecule has 0 aliphatic carbocycles. The lowest BCUT2D eigenvalue weighted by Crippen LogP contribution is -2.56. The number of ether oxygens (including phenoxy) is 3. The minimum atomic E-state index is -0.869. The smallest absolute Gasteiger partial charge is 0.410 e. The predicted molar refractivity (Wildman–Crippen MR) is 240 cm³/mol. The quantitative estimate of drug-likeness (QED) is 0.235. The van der Waals surface area contributed by atoms with Crippen LogP contribution in [0.2, 0.25) is 0 Å². The van der Waals surface area contributed by atoms with Crippen LogP contribution in [0.1, 0.15) is 96.1 Å². The highest BCUT2D eigenvalue weighted by molar-refractivity contribution is 6.00. The molecule has 2 N–H and O–H groups in total. The van der Waals surface area contributed by atoms with Crippen LogP contribution in [0.25, 0.3) is 21.8 Å². The molecule has 65 heavy (non-hydrogen) atoms. The third-order valence-corrected chi connectivity index (χ3v) is 12.8. The summed E-state index contributed by atoms with van der Waals surface area (Å²) in [4.78, 5) is 95.7. The molecular weight excluding hydrogens is 835 g/mol. The van der Waals surface area contributed by atoms with E-state index in [2.05, 4.69) is 10.6 Å². The summed E-state index contributed by atoms with van der Waals surface area (Å²) >= 11 is 0. The molecule has 0 unspecified atom stereocenters. The molecule has 17 nitrogen and oxygen atoms in total. The van der Waals surface area contributed by atoms with E-state index in [1.165, 1.54) is 16.8 Å². The van der Waals surface area contributed by atoms with Crippen molar-refractivity contribution in [2.45, 2.75) is 135 Å². The number of fused-ring (bicyclic) bond motifs is 4. The maximum absolute atomic E-state index is 13.6. The van der Waals surface area contributed by atoms with Gasteiger partial charge in [-0.2, -0.15) is 0 Å². The van der Waals surface area contributed by atoms with E-state index in [-0.39, 0.29) is 48.5 Å². The monoisotopic (exact) mass is 895 g/mol. The first-order valence-corrected chi connectivity index (χ1v) is 22.6. The van der Waals surface area contributed by atoms with Crippen molar-refractivity contribution in [2.75, 3.05) is 20.3 Å². The van der Waals surface area contributed by atoms with Crippen molar-refractivity contribution in [2.24, 2.45) is 5.92 Å². The van der Waals surface area contributed by atoms with Crippen molar-refractivity contribution in [3.05, 3.63) is 73.1 Å². The molecular formula is C48H61N7O10. The molecule has 4 fully saturated rings. The molecule has 8 atom stereocenters. The van der Waals surface area contributed by atoms with Gasteiger partial charge < -0.3 is 34.6 Å². The van der Waals surface area contributed by atoms with Gasteiger partial charge in [0.15, 0.2) is 0 Å². The first-order valence-electron chi connectivity index (χ1n) is 22.6. The first-order chi connectivity index (χ1) is 31.0. The Labute approximate surface area is 378 Å². The second-order valence-corrected chi connectivity index (χ2v) is 18.3. The number of nitrogens with one attached hydrogen (secondary N) is 2. The molecule has 0 bridgehead atoms. The van der Waals surface area contributed by atoms with Crippen LogP contribution >= 0.6 is 0 Å². The topological polar surface area (TPSA) is 191 Å². The summed E-state index contributed by atoms with van der Waals surface area (Å²) in [6.07, 6.45) is 5.49. The standard InChI is InChI=1S/C26H34N4O6.C22H27N3O4/c1-16(28(5)25(34)36-26(2,3)4)22(31)27-18-13-15-35-21-11-10-20(30(21)23(18)32)24(33)29-14-12-17-8-6-7-9-19(17)29;1-3-14(2)20(26)23-16-11-13-29-19-9-8-18(25(19)21(16)27)22(28)24-12-10-15-6-4-5-7-17(15)24/h6-9,12,14,16,18,20-21H,10-11,13,15H2,1-5H3,(H,27,31);4-7,10,12,14,16,18-19H,3,8-9,11,13H2,1-2H3,(H,23,26)/t16-,18-,20-,21-;14-,16+,18+,19+/m01/s1. The van der Waals surface area contributed by atoms with Crippen molar-refractivity contribution in [1.29, 1.82) is 0 Å². The Morgan fingerprint density at radius 3 is 1.58 bits per heavy atom. The lowest BCUT2D eigenvalue weighted by molar-refractivity contribution is -0.143. The van der Waals surface area contributed by atoms with Crippen molar-refractivity contribution in [3.8, 4) is 0 Å². The minimum absolute atomic E-state index is 0.136. The lowest BCUT2D eigenvalue weighted by atomic mass is 10.1. The number of benzene rings is 2. The van der Waals surface area contributed by atoms with E-state index in [9.17, 15) is 33.6 Å². The highest BCUT2D eigenvalue weighted by Gasteiger charge is 2.48. The number of nitrogens with zero attached hydrogens (tertiary/aromatic N) is 5. The van der Waals surface area contributed by atoms with E-state index in [1.807, 2.05) is 74.5 Å². The normalized spacial score (nSPS) is 24.2. The summed E-state index contributed by atoms with van der Waals surface area (Å²) in [7, 11) is 1.48. The van der Waals surface area contributed by atoms with Crippen LogP contribution in [-0.4, -0.2) is 134 Å². The average Bonchev–Trinajstić information content (AvgIpc) is 4.08. The van der Waals surface area contributed by atoms with Gasteiger partial charge >= 0.3 is 6.09 Å². The van der Waals surface area contributed by atoms with Gasteiger partial charge in [0.2, 0.25) is 23.6 Å². The Morgan fingerprint density at radius 1 is 0.692 bits per heavy atom. The number of rotatable bonds is 8. The minimum Gasteiger partial charge on any atom is -0.444 e. The zero-order valence-corrected chi connectivity index (χ0v) is 38.2. The first kappa shape index (κ1) is 46.9. The molecule has 6 heterocycles. The van der Waals surface area contributed by atoms with Gasteiger partial charge in [-0.25, -0.2) is 4.79 Å². The summed E-state index contributed by atoms with van der Waals surface area (Å²) in [5.41, 5.74) is 0.900. The van der Waals surface area contributed by atoms with Gasteiger partial charge in [0.25, 0.3) is 11.8 Å². The van der Waals surface area contributed by atoms with Gasteiger partial charge in [-0.15, -0.1) is 0 Å². The molecule has 4 aliphatic heterocycles. The fraction of sp³-hybridized carbons (Fsp3) is 0.521. The van der Waals surface area contributed by atoms with Crippen LogP contribution in [-0.2, 0) is 33.4 Å². The Kier molecular flexibility index (Phi) is 14.1. The SMILES string of the molecule is CC[C@@H](C)C(=O)N[C@H]1CCO[C@H]2CC[C@@H](C(=O)n3ccc4ccccc43)N2C1=O.C[C@@H](C(=O)N[C@H]1CCO[C@H]2CC[C@@H](C(=O)n3ccc4ccccc43)N2C1=O)N(C)C(=O)OC(C)(C)C. The third kappa shape index (κ3) is 9.95. The maximum atomic E-state index is 13.6. The Bertz CT molecular complexity index is 2440. The number of carbonyl (C=O) groups excluding carboxylic acids is 7. The van der Waals surface area contributed by atoms with E-state index in [4.69, 9.17) is 14.2 Å². The molecule has 8 rings (SSSR count). The number of hydrogen-bond acceptors (Lipinski definition) is 10. The van der Waals surface area contributed by atoms with Crippen LogP contribution in [0, 0.1) is 5.92 Å². The highest BCUT2D eigenvalue weighted by atomic mass is 16.6. The van der Waals surface area contributed by atoms with Crippen molar-refractivity contribution < 1.29 is 47.8 Å². The van der Waals surface area contributed by atoms with Crippen LogP contribution in [0.3, 0.4) is 0 Å². The van der Waals surface area contributed by atoms with E-state index < -0.39 is 60.3 Å². The van der Waals surface area contributed by atoms with E-state index in [0.29, 0.717) is 45.1 Å². The van der Waals surface area contributed by atoms with Gasteiger partial charge in [-0.05, 0) is 84.1 Å². The second kappa shape index (κ2) is 19.6. The number of aromatic nitrogens is 2. The molecule has 4 aromatic rings. The molecule has 348 valence electrons. The second-order valence-electron chi connectivity index (χ2n) is 18.3. The molecule has 5 amide bonds. The molecule has 0 saturated carbocycles. The number of carbonyl (C=O) groups is 7. The van der Waals surface area contributed by atoms with Crippen molar-refractivity contribution in [3.63, 3.8) is 0 Å².